The monoisotopic (exact) mass is 301 g/mol. The predicted molar refractivity (Wildman–Crippen MR) is 71.3 cm³/mol. The van der Waals surface area contributed by atoms with Crippen molar-refractivity contribution >= 4 is 11.9 Å². The Hall–Kier alpha value is -2.18. The van der Waals surface area contributed by atoms with Gasteiger partial charge < -0.3 is 14.4 Å². The number of alkyl halides is 2. The fourth-order valence-electron chi connectivity index (χ4n) is 1.64. The quantitative estimate of drug-likeness (QED) is 0.725. The number of carbonyl (C=O) groups excluding carboxylic acids is 2. The topological polar surface area (TPSA) is 55.8 Å². The minimum atomic E-state index is -3.01. The van der Waals surface area contributed by atoms with Crippen LogP contribution in [0.1, 0.15) is 23.7 Å². The summed E-state index contributed by atoms with van der Waals surface area (Å²) in [4.78, 5) is 24.7. The van der Waals surface area contributed by atoms with Gasteiger partial charge in [0.15, 0.2) is 0 Å². The van der Waals surface area contributed by atoms with Gasteiger partial charge in [0, 0.05) is 13.6 Å². The van der Waals surface area contributed by atoms with Gasteiger partial charge in [-0.05, 0) is 19.1 Å². The Morgan fingerprint density at radius 2 is 1.95 bits per heavy atom. The Bertz CT molecular complexity index is 494. The lowest BCUT2D eigenvalue weighted by atomic mass is 10.1. The van der Waals surface area contributed by atoms with Crippen molar-refractivity contribution in [1.82, 2.24) is 4.90 Å². The lowest BCUT2D eigenvalue weighted by Crippen LogP contribution is -2.30. The summed E-state index contributed by atoms with van der Waals surface area (Å²) in [7, 11) is 1.47. The van der Waals surface area contributed by atoms with Gasteiger partial charge in [-0.25, -0.2) is 0 Å². The fourth-order valence-corrected chi connectivity index (χ4v) is 1.64. The Labute approximate surface area is 121 Å². The van der Waals surface area contributed by atoms with Crippen molar-refractivity contribution in [2.24, 2.45) is 0 Å². The summed E-state index contributed by atoms with van der Waals surface area (Å²) >= 11 is 0. The largest absolute Gasteiger partial charge is 0.466 e. The lowest BCUT2D eigenvalue weighted by molar-refractivity contribution is -0.143. The molecule has 0 heterocycles. The number of para-hydroxylation sites is 1. The number of ether oxygens (including phenoxy) is 2. The molecule has 0 aliphatic rings. The van der Waals surface area contributed by atoms with Crippen molar-refractivity contribution in [3.05, 3.63) is 29.8 Å². The van der Waals surface area contributed by atoms with E-state index in [0.29, 0.717) is 0 Å². The number of halogens is 2. The van der Waals surface area contributed by atoms with Crippen LogP contribution in [0, 0.1) is 0 Å². The van der Waals surface area contributed by atoms with E-state index in [4.69, 9.17) is 4.74 Å². The minimum absolute atomic E-state index is 0.0177. The molecule has 0 unspecified atom stereocenters. The van der Waals surface area contributed by atoms with Gasteiger partial charge in [0.05, 0.1) is 18.6 Å². The van der Waals surface area contributed by atoms with Gasteiger partial charge in [0.25, 0.3) is 5.91 Å². The molecule has 0 radical (unpaired) electrons. The molecule has 1 aromatic rings. The molecule has 116 valence electrons. The molecular weight excluding hydrogens is 284 g/mol. The van der Waals surface area contributed by atoms with Crippen LogP contribution in [0.3, 0.4) is 0 Å². The zero-order valence-electron chi connectivity index (χ0n) is 11.8. The Balaban J connectivity index is 2.71. The van der Waals surface area contributed by atoms with Crippen LogP contribution in [-0.2, 0) is 9.53 Å². The van der Waals surface area contributed by atoms with Crippen molar-refractivity contribution in [1.29, 1.82) is 0 Å². The highest BCUT2D eigenvalue weighted by atomic mass is 19.3. The standard InChI is InChI=1S/C14H17F2NO4/c1-3-20-12(18)8-9-17(2)13(19)10-6-4-5-7-11(10)21-14(15)16/h4-7,14H,3,8-9H2,1-2H3. The molecule has 0 aliphatic carbocycles. The van der Waals surface area contributed by atoms with Crippen molar-refractivity contribution in [2.75, 3.05) is 20.2 Å². The van der Waals surface area contributed by atoms with Gasteiger partial charge in [-0.2, -0.15) is 8.78 Å². The molecule has 0 fully saturated rings. The summed E-state index contributed by atoms with van der Waals surface area (Å²) in [5.74, 6) is -1.12. The van der Waals surface area contributed by atoms with E-state index < -0.39 is 18.5 Å². The number of hydrogen-bond acceptors (Lipinski definition) is 4. The van der Waals surface area contributed by atoms with Crippen molar-refractivity contribution in [2.45, 2.75) is 20.0 Å². The third-order valence-corrected chi connectivity index (χ3v) is 2.64. The Morgan fingerprint density at radius 1 is 1.29 bits per heavy atom. The zero-order valence-corrected chi connectivity index (χ0v) is 11.8. The number of benzene rings is 1. The molecule has 1 amide bonds. The van der Waals surface area contributed by atoms with E-state index in [-0.39, 0.29) is 30.9 Å². The second-order valence-electron chi connectivity index (χ2n) is 4.16. The summed E-state index contributed by atoms with van der Waals surface area (Å²) in [5, 5.41) is 0. The van der Waals surface area contributed by atoms with Crippen LogP contribution in [0.5, 0.6) is 5.75 Å². The van der Waals surface area contributed by atoms with E-state index in [0.717, 1.165) is 0 Å². The van der Waals surface area contributed by atoms with Gasteiger partial charge >= 0.3 is 12.6 Å². The van der Waals surface area contributed by atoms with Gasteiger partial charge in [0.1, 0.15) is 5.75 Å². The fraction of sp³-hybridized carbons (Fsp3) is 0.429. The smallest absolute Gasteiger partial charge is 0.387 e. The van der Waals surface area contributed by atoms with Crippen LogP contribution in [0.4, 0.5) is 8.78 Å². The summed E-state index contributed by atoms with van der Waals surface area (Å²) in [5.41, 5.74) is 0.0177. The first-order chi connectivity index (χ1) is 9.95. The van der Waals surface area contributed by atoms with Crippen LogP contribution in [0.2, 0.25) is 0 Å². The van der Waals surface area contributed by atoms with E-state index in [9.17, 15) is 18.4 Å². The van der Waals surface area contributed by atoms with Gasteiger partial charge in [0.2, 0.25) is 0 Å². The predicted octanol–water partition coefficient (Wildman–Crippen LogP) is 2.31. The van der Waals surface area contributed by atoms with E-state index in [2.05, 4.69) is 4.74 Å². The molecule has 1 aromatic carbocycles. The molecule has 0 saturated heterocycles. The second kappa shape index (κ2) is 8.18. The maximum absolute atomic E-state index is 12.3. The first kappa shape index (κ1) is 16.9. The third-order valence-electron chi connectivity index (χ3n) is 2.64. The van der Waals surface area contributed by atoms with Crippen molar-refractivity contribution < 1.29 is 27.8 Å². The normalized spacial score (nSPS) is 10.3. The summed E-state index contributed by atoms with van der Waals surface area (Å²) in [6.45, 7) is -0.934. The Morgan fingerprint density at radius 3 is 2.57 bits per heavy atom. The maximum Gasteiger partial charge on any atom is 0.387 e. The molecule has 0 saturated carbocycles. The van der Waals surface area contributed by atoms with E-state index in [1.807, 2.05) is 0 Å². The number of nitrogens with zero attached hydrogens (tertiary/aromatic N) is 1. The third kappa shape index (κ3) is 5.37. The van der Waals surface area contributed by atoms with Crippen molar-refractivity contribution in [3.63, 3.8) is 0 Å². The number of carbonyl (C=O) groups is 2. The number of rotatable bonds is 7. The molecule has 1 rings (SSSR count). The zero-order chi connectivity index (χ0) is 15.8. The molecule has 0 N–H and O–H groups in total. The SMILES string of the molecule is CCOC(=O)CCN(C)C(=O)c1ccccc1OC(F)F. The van der Waals surface area contributed by atoms with Gasteiger partial charge in [-0.1, -0.05) is 12.1 Å². The highest BCUT2D eigenvalue weighted by Crippen LogP contribution is 2.21. The Kier molecular flexibility index (Phi) is 6.58. The van der Waals surface area contributed by atoms with Gasteiger partial charge in [-0.3, -0.25) is 9.59 Å². The van der Waals surface area contributed by atoms with Crippen LogP contribution >= 0.6 is 0 Å². The van der Waals surface area contributed by atoms with Crippen LogP contribution in [-0.4, -0.2) is 43.6 Å². The molecule has 0 spiro atoms. The summed E-state index contributed by atoms with van der Waals surface area (Å²) in [6.07, 6.45) is 0.0357. The molecular formula is C14H17F2NO4. The first-order valence-corrected chi connectivity index (χ1v) is 6.40. The maximum atomic E-state index is 12.3. The first-order valence-electron chi connectivity index (χ1n) is 6.40. The number of hydrogen-bond donors (Lipinski definition) is 0. The van der Waals surface area contributed by atoms with E-state index >= 15 is 0 Å². The molecule has 0 aromatic heterocycles. The molecule has 5 nitrogen and oxygen atoms in total. The molecule has 21 heavy (non-hydrogen) atoms. The molecule has 0 aliphatic heterocycles. The number of amides is 1. The van der Waals surface area contributed by atoms with Crippen molar-refractivity contribution in [3.8, 4) is 5.75 Å². The summed E-state index contributed by atoms with van der Waals surface area (Å²) < 4.78 is 33.7. The molecule has 0 atom stereocenters. The van der Waals surface area contributed by atoms with E-state index in [1.54, 1.807) is 13.0 Å². The lowest BCUT2D eigenvalue weighted by Gasteiger charge is -2.18. The van der Waals surface area contributed by atoms with Crippen LogP contribution in [0.15, 0.2) is 24.3 Å². The average molecular weight is 301 g/mol. The second-order valence-corrected chi connectivity index (χ2v) is 4.16. The van der Waals surface area contributed by atoms with Crippen LogP contribution in [0.25, 0.3) is 0 Å². The van der Waals surface area contributed by atoms with E-state index in [1.165, 1.54) is 30.1 Å². The molecule has 7 heteroatoms. The number of esters is 1. The minimum Gasteiger partial charge on any atom is -0.466 e. The summed E-state index contributed by atoms with van der Waals surface area (Å²) in [6, 6.07) is 5.72. The van der Waals surface area contributed by atoms with Gasteiger partial charge in [-0.15, -0.1) is 0 Å². The highest BCUT2D eigenvalue weighted by molar-refractivity contribution is 5.96. The average Bonchev–Trinajstić information content (AvgIpc) is 2.44. The highest BCUT2D eigenvalue weighted by Gasteiger charge is 2.19. The van der Waals surface area contributed by atoms with Crippen LogP contribution < -0.4 is 4.74 Å². The molecule has 0 bridgehead atoms.